The van der Waals surface area contributed by atoms with E-state index >= 15 is 0 Å². The highest BCUT2D eigenvalue weighted by atomic mass is 16.5. The van der Waals surface area contributed by atoms with E-state index < -0.39 is 0 Å². The maximum Gasteiger partial charge on any atom is 0.227 e. The van der Waals surface area contributed by atoms with Crippen LogP contribution in [-0.2, 0) is 11.3 Å². The van der Waals surface area contributed by atoms with Gasteiger partial charge >= 0.3 is 0 Å². The molecular weight excluding hydrogens is 312 g/mol. The number of hydrogen-bond acceptors (Lipinski definition) is 4. The van der Waals surface area contributed by atoms with Crippen molar-refractivity contribution in [2.75, 3.05) is 13.1 Å². The number of hydrogen-bond donors (Lipinski definition) is 1. The van der Waals surface area contributed by atoms with Crippen molar-refractivity contribution in [1.82, 2.24) is 10.3 Å². The molecule has 1 fully saturated rings. The highest BCUT2D eigenvalue weighted by Crippen LogP contribution is 2.24. The van der Waals surface area contributed by atoms with Gasteiger partial charge in [0.15, 0.2) is 5.58 Å². The standard InChI is InChI=1S/C21H24N2O2/c1-2-7-20-19(6-1)23-21(25-20)17-10-8-16(9-11-17)15-24-18-5-3-4-13-22-14-12-18/h1-2,6-11,18,22H,3-5,12-15H2. The van der Waals surface area contributed by atoms with E-state index in [1.807, 2.05) is 24.3 Å². The van der Waals surface area contributed by atoms with Crippen molar-refractivity contribution in [1.29, 1.82) is 0 Å². The molecule has 2 aromatic carbocycles. The van der Waals surface area contributed by atoms with Crippen molar-refractivity contribution in [2.45, 2.75) is 38.4 Å². The molecule has 3 aromatic rings. The molecule has 25 heavy (non-hydrogen) atoms. The Morgan fingerprint density at radius 2 is 1.88 bits per heavy atom. The Morgan fingerprint density at radius 3 is 2.76 bits per heavy atom. The van der Waals surface area contributed by atoms with E-state index in [2.05, 4.69) is 34.6 Å². The van der Waals surface area contributed by atoms with Crippen LogP contribution in [0.1, 0.15) is 31.2 Å². The molecule has 0 aliphatic carbocycles. The van der Waals surface area contributed by atoms with Gasteiger partial charge < -0.3 is 14.5 Å². The van der Waals surface area contributed by atoms with E-state index in [9.17, 15) is 0 Å². The third kappa shape index (κ3) is 4.09. The molecule has 0 radical (unpaired) electrons. The van der Waals surface area contributed by atoms with Crippen LogP contribution in [0.15, 0.2) is 52.9 Å². The van der Waals surface area contributed by atoms with Gasteiger partial charge in [0.05, 0.1) is 12.7 Å². The minimum Gasteiger partial charge on any atom is -0.436 e. The van der Waals surface area contributed by atoms with Crippen molar-refractivity contribution >= 4 is 11.1 Å². The summed E-state index contributed by atoms with van der Waals surface area (Å²) in [6, 6.07) is 16.2. The number of rotatable bonds is 4. The second-order valence-corrected chi connectivity index (χ2v) is 6.65. The number of ether oxygens (including phenoxy) is 1. The minimum absolute atomic E-state index is 0.365. The number of nitrogens with one attached hydrogen (secondary N) is 1. The topological polar surface area (TPSA) is 47.3 Å². The number of fused-ring (bicyclic) bond motifs is 1. The average molecular weight is 336 g/mol. The molecule has 4 rings (SSSR count). The normalized spacial score (nSPS) is 18.8. The summed E-state index contributed by atoms with van der Waals surface area (Å²) in [5, 5.41) is 3.45. The Hall–Kier alpha value is -2.17. The number of nitrogens with zero attached hydrogens (tertiary/aromatic N) is 1. The fourth-order valence-corrected chi connectivity index (χ4v) is 3.27. The van der Waals surface area contributed by atoms with Crippen LogP contribution in [0.4, 0.5) is 0 Å². The number of aromatic nitrogens is 1. The third-order valence-corrected chi connectivity index (χ3v) is 4.75. The highest BCUT2D eigenvalue weighted by molar-refractivity contribution is 5.75. The smallest absolute Gasteiger partial charge is 0.227 e. The molecule has 1 N–H and O–H groups in total. The number of benzene rings is 2. The van der Waals surface area contributed by atoms with Gasteiger partial charge in [-0.05, 0) is 68.6 Å². The van der Waals surface area contributed by atoms with Crippen LogP contribution in [0.2, 0.25) is 0 Å². The van der Waals surface area contributed by atoms with E-state index in [1.165, 1.54) is 24.8 Å². The van der Waals surface area contributed by atoms with Crippen LogP contribution in [0.5, 0.6) is 0 Å². The van der Waals surface area contributed by atoms with E-state index in [4.69, 9.17) is 9.15 Å². The van der Waals surface area contributed by atoms with Crippen LogP contribution in [0, 0.1) is 0 Å². The Balaban J connectivity index is 1.39. The Labute approximate surface area is 148 Å². The van der Waals surface area contributed by atoms with Gasteiger partial charge in [0.25, 0.3) is 0 Å². The van der Waals surface area contributed by atoms with Gasteiger partial charge in [-0.15, -0.1) is 0 Å². The first kappa shape index (κ1) is 16.3. The predicted octanol–water partition coefficient (Wildman–Crippen LogP) is 4.54. The van der Waals surface area contributed by atoms with Crippen molar-refractivity contribution in [2.24, 2.45) is 0 Å². The zero-order chi connectivity index (χ0) is 16.9. The lowest BCUT2D eigenvalue weighted by Crippen LogP contribution is -2.26. The summed E-state index contributed by atoms with van der Waals surface area (Å²) in [4.78, 5) is 4.55. The molecule has 130 valence electrons. The second-order valence-electron chi connectivity index (χ2n) is 6.65. The first-order chi connectivity index (χ1) is 12.4. The van der Waals surface area contributed by atoms with Crippen LogP contribution >= 0.6 is 0 Å². The molecule has 0 bridgehead atoms. The summed E-state index contributed by atoms with van der Waals surface area (Å²) < 4.78 is 11.9. The summed E-state index contributed by atoms with van der Waals surface area (Å²) in [5.41, 5.74) is 3.90. The molecular formula is C21H24N2O2. The summed E-state index contributed by atoms with van der Waals surface area (Å²) in [6.07, 6.45) is 5.13. The van der Waals surface area contributed by atoms with Crippen LogP contribution < -0.4 is 5.32 Å². The fourth-order valence-electron chi connectivity index (χ4n) is 3.27. The average Bonchev–Trinajstić information content (AvgIpc) is 3.05. The van der Waals surface area contributed by atoms with Crippen molar-refractivity contribution in [3.63, 3.8) is 0 Å². The van der Waals surface area contributed by atoms with Gasteiger partial charge in [0, 0.05) is 5.56 Å². The summed E-state index contributed by atoms with van der Waals surface area (Å²) >= 11 is 0. The van der Waals surface area contributed by atoms with Gasteiger partial charge in [-0.2, -0.15) is 0 Å². The Bertz CT molecular complexity index is 769. The molecule has 1 saturated heterocycles. The maximum absolute atomic E-state index is 6.12. The number of oxazole rings is 1. The summed E-state index contributed by atoms with van der Waals surface area (Å²) in [5.74, 6) is 0.666. The predicted molar refractivity (Wildman–Crippen MR) is 99.4 cm³/mol. The van der Waals surface area contributed by atoms with Crippen LogP contribution in [0.25, 0.3) is 22.6 Å². The molecule has 1 unspecified atom stereocenters. The molecule has 2 heterocycles. The third-order valence-electron chi connectivity index (χ3n) is 4.75. The maximum atomic E-state index is 6.12. The lowest BCUT2D eigenvalue weighted by Gasteiger charge is -2.21. The molecule has 0 amide bonds. The lowest BCUT2D eigenvalue weighted by atomic mass is 10.1. The first-order valence-electron chi connectivity index (χ1n) is 9.16. The van der Waals surface area contributed by atoms with Gasteiger partial charge in [-0.3, -0.25) is 0 Å². The summed E-state index contributed by atoms with van der Waals surface area (Å²) in [6.45, 7) is 2.86. The van der Waals surface area contributed by atoms with E-state index in [0.29, 0.717) is 18.6 Å². The van der Waals surface area contributed by atoms with Gasteiger partial charge in [-0.25, -0.2) is 4.98 Å². The van der Waals surface area contributed by atoms with Crippen molar-refractivity contribution in [3.8, 4) is 11.5 Å². The molecule has 4 nitrogen and oxygen atoms in total. The Kier molecular flexibility index (Phi) is 5.09. The quantitative estimate of drug-likeness (QED) is 0.759. The summed E-state index contributed by atoms with van der Waals surface area (Å²) in [7, 11) is 0. The largest absolute Gasteiger partial charge is 0.436 e. The molecule has 0 spiro atoms. The van der Waals surface area contributed by atoms with Gasteiger partial charge in [0.2, 0.25) is 5.89 Å². The molecule has 1 atom stereocenters. The first-order valence-corrected chi connectivity index (χ1v) is 9.16. The van der Waals surface area contributed by atoms with E-state index in [0.717, 1.165) is 36.2 Å². The number of para-hydroxylation sites is 2. The van der Waals surface area contributed by atoms with E-state index in [1.54, 1.807) is 0 Å². The molecule has 1 aromatic heterocycles. The molecule has 1 aliphatic rings. The zero-order valence-electron chi connectivity index (χ0n) is 14.4. The fraction of sp³-hybridized carbons (Fsp3) is 0.381. The lowest BCUT2D eigenvalue weighted by molar-refractivity contribution is 0.0259. The zero-order valence-corrected chi connectivity index (χ0v) is 14.4. The molecule has 1 aliphatic heterocycles. The molecule has 4 heteroatoms. The van der Waals surface area contributed by atoms with E-state index in [-0.39, 0.29) is 0 Å². The Morgan fingerprint density at radius 1 is 1.00 bits per heavy atom. The SMILES string of the molecule is c1ccc2oc(-c3ccc(COC4CCCCNCC4)cc3)nc2c1. The van der Waals surface area contributed by atoms with Crippen LogP contribution in [0.3, 0.4) is 0 Å². The minimum atomic E-state index is 0.365. The second kappa shape index (κ2) is 7.81. The monoisotopic (exact) mass is 336 g/mol. The van der Waals surface area contributed by atoms with Gasteiger partial charge in [0.1, 0.15) is 5.52 Å². The van der Waals surface area contributed by atoms with Gasteiger partial charge in [-0.1, -0.05) is 24.3 Å². The highest BCUT2D eigenvalue weighted by Gasteiger charge is 2.12. The van der Waals surface area contributed by atoms with Crippen molar-refractivity contribution in [3.05, 3.63) is 54.1 Å². The molecule has 0 saturated carbocycles. The van der Waals surface area contributed by atoms with Crippen LogP contribution in [-0.4, -0.2) is 24.2 Å². The van der Waals surface area contributed by atoms with Crippen molar-refractivity contribution < 1.29 is 9.15 Å².